The molecule has 1 amide bonds. The second-order valence-electron chi connectivity index (χ2n) is 5.26. The summed E-state index contributed by atoms with van der Waals surface area (Å²) < 4.78 is 16.3. The SMILES string of the molecule is O=C(O)Cn1cc(C(=O)Nc2ccn(Cc3ccccc3F)n2)cn1. The van der Waals surface area contributed by atoms with Crippen LogP contribution in [0.3, 0.4) is 0 Å². The van der Waals surface area contributed by atoms with Gasteiger partial charge in [0.15, 0.2) is 5.82 Å². The van der Waals surface area contributed by atoms with Gasteiger partial charge in [0, 0.05) is 24.0 Å². The molecule has 0 aliphatic heterocycles. The minimum Gasteiger partial charge on any atom is -0.480 e. The molecule has 1 aromatic carbocycles. The number of nitrogens with zero attached hydrogens (tertiary/aromatic N) is 4. The number of hydrogen-bond acceptors (Lipinski definition) is 4. The summed E-state index contributed by atoms with van der Waals surface area (Å²) in [5, 5.41) is 19.2. The highest BCUT2D eigenvalue weighted by Gasteiger charge is 2.12. The van der Waals surface area contributed by atoms with Crippen LogP contribution < -0.4 is 5.32 Å². The van der Waals surface area contributed by atoms with E-state index in [1.807, 2.05) is 0 Å². The van der Waals surface area contributed by atoms with Crippen molar-refractivity contribution < 1.29 is 19.1 Å². The fourth-order valence-electron chi connectivity index (χ4n) is 2.21. The predicted molar refractivity (Wildman–Crippen MR) is 85.5 cm³/mol. The quantitative estimate of drug-likeness (QED) is 0.708. The van der Waals surface area contributed by atoms with Gasteiger partial charge < -0.3 is 10.4 Å². The van der Waals surface area contributed by atoms with Crippen LogP contribution in [0, 0.1) is 5.82 Å². The molecule has 128 valence electrons. The molecule has 0 spiro atoms. The summed E-state index contributed by atoms with van der Waals surface area (Å²) >= 11 is 0. The Morgan fingerprint density at radius 1 is 1.20 bits per heavy atom. The molecule has 3 rings (SSSR count). The molecule has 9 heteroatoms. The Hall–Kier alpha value is -3.49. The lowest BCUT2D eigenvalue weighted by Gasteiger charge is -2.03. The number of nitrogens with one attached hydrogen (secondary N) is 1. The van der Waals surface area contributed by atoms with E-state index >= 15 is 0 Å². The number of rotatable bonds is 6. The van der Waals surface area contributed by atoms with Crippen molar-refractivity contribution >= 4 is 17.7 Å². The van der Waals surface area contributed by atoms with Crippen molar-refractivity contribution in [2.75, 3.05) is 5.32 Å². The van der Waals surface area contributed by atoms with Crippen molar-refractivity contribution in [1.29, 1.82) is 0 Å². The Kier molecular flexibility index (Phi) is 4.55. The Morgan fingerprint density at radius 2 is 2.00 bits per heavy atom. The van der Waals surface area contributed by atoms with Crippen LogP contribution in [0.25, 0.3) is 0 Å². The van der Waals surface area contributed by atoms with Crippen molar-refractivity contribution in [1.82, 2.24) is 19.6 Å². The molecule has 3 aromatic rings. The average Bonchev–Trinajstić information content (AvgIpc) is 3.19. The lowest BCUT2D eigenvalue weighted by Crippen LogP contribution is -2.13. The van der Waals surface area contributed by atoms with E-state index in [4.69, 9.17) is 5.11 Å². The number of amides is 1. The lowest BCUT2D eigenvalue weighted by molar-refractivity contribution is -0.137. The maximum absolute atomic E-state index is 13.6. The van der Waals surface area contributed by atoms with Gasteiger partial charge >= 0.3 is 5.97 Å². The highest BCUT2D eigenvalue weighted by molar-refractivity contribution is 6.03. The fraction of sp³-hybridized carbons (Fsp3) is 0.125. The Balaban J connectivity index is 1.65. The summed E-state index contributed by atoms with van der Waals surface area (Å²) in [7, 11) is 0. The zero-order valence-electron chi connectivity index (χ0n) is 13.0. The van der Waals surface area contributed by atoms with Crippen molar-refractivity contribution in [3.05, 3.63) is 65.9 Å². The van der Waals surface area contributed by atoms with Gasteiger partial charge in [-0.1, -0.05) is 18.2 Å². The van der Waals surface area contributed by atoms with Gasteiger partial charge in [-0.25, -0.2) is 4.39 Å². The molecule has 0 saturated heterocycles. The molecule has 8 nitrogen and oxygen atoms in total. The second-order valence-corrected chi connectivity index (χ2v) is 5.26. The van der Waals surface area contributed by atoms with Gasteiger partial charge in [0.2, 0.25) is 0 Å². The van der Waals surface area contributed by atoms with Crippen molar-refractivity contribution in [3.8, 4) is 0 Å². The van der Waals surface area contributed by atoms with E-state index in [1.165, 1.54) is 23.1 Å². The van der Waals surface area contributed by atoms with E-state index in [9.17, 15) is 14.0 Å². The number of carbonyl (C=O) groups excluding carboxylic acids is 1. The average molecular weight is 343 g/mol. The molecule has 0 unspecified atom stereocenters. The number of aromatic nitrogens is 4. The zero-order chi connectivity index (χ0) is 17.8. The third-order valence-corrected chi connectivity index (χ3v) is 3.37. The topological polar surface area (TPSA) is 102 Å². The van der Waals surface area contributed by atoms with Gasteiger partial charge in [-0.05, 0) is 6.07 Å². The molecule has 0 atom stereocenters. The number of halogens is 1. The van der Waals surface area contributed by atoms with Gasteiger partial charge in [-0.2, -0.15) is 10.2 Å². The Bertz CT molecular complexity index is 918. The summed E-state index contributed by atoms with van der Waals surface area (Å²) in [6.45, 7) is -0.0936. The van der Waals surface area contributed by atoms with E-state index in [-0.39, 0.29) is 24.5 Å². The van der Waals surface area contributed by atoms with Crippen LogP contribution in [0.4, 0.5) is 10.2 Å². The summed E-state index contributed by atoms with van der Waals surface area (Å²) in [6, 6.07) is 7.96. The van der Waals surface area contributed by atoms with Crippen molar-refractivity contribution in [2.24, 2.45) is 0 Å². The largest absolute Gasteiger partial charge is 0.480 e. The molecular formula is C16H14FN5O3. The zero-order valence-corrected chi connectivity index (χ0v) is 13.0. The molecule has 0 bridgehead atoms. The number of carboxylic acid groups (broad SMARTS) is 1. The maximum Gasteiger partial charge on any atom is 0.325 e. The number of hydrogen-bond donors (Lipinski definition) is 2. The molecule has 0 fully saturated rings. The van der Waals surface area contributed by atoms with Crippen LogP contribution in [0.5, 0.6) is 0 Å². The van der Waals surface area contributed by atoms with Gasteiger partial charge in [0.05, 0.1) is 18.3 Å². The minimum absolute atomic E-state index is 0.213. The first-order valence-corrected chi connectivity index (χ1v) is 7.34. The highest BCUT2D eigenvalue weighted by atomic mass is 19.1. The smallest absolute Gasteiger partial charge is 0.325 e. The third kappa shape index (κ3) is 4.08. The van der Waals surface area contributed by atoms with Crippen molar-refractivity contribution in [3.63, 3.8) is 0 Å². The first-order chi connectivity index (χ1) is 12.0. The van der Waals surface area contributed by atoms with Gasteiger partial charge in [-0.15, -0.1) is 0 Å². The number of carboxylic acids is 1. The summed E-state index contributed by atoms with van der Waals surface area (Å²) in [6.07, 6.45) is 4.23. The molecule has 0 saturated carbocycles. The van der Waals surface area contributed by atoms with Crippen LogP contribution in [0.15, 0.2) is 48.9 Å². The standard InChI is InChI=1S/C16H14FN5O3/c17-13-4-2-1-3-11(13)8-21-6-5-14(20-21)19-16(25)12-7-18-22(9-12)10-15(23)24/h1-7,9H,8,10H2,(H,23,24)(H,19,20,25). The minimum atomic E-state index is -1.05. The highest BCUT2D eigenvalue weighted by Crippen LogP contribution is 2.11. The molecule has 0 aliphatic rings. The number of benzene rings is 1. The van der Waals surface area contributed by atoms with Crippen LogP contribution in [-0.4, -0.2) is 36.5 Å². The molecule has 2 aromatic heterocycles. The molecule has 0 radical (unpaired) electrons. The third-order valence-electron chi connectivity index (χ3n) is 3.37. The summed E-state index contributed by atoms with van der Waals surface area (Å²) in [5.74, 6) is -1.54. The molecule has 2 N–H and O–H groups in total. The van der Waals surface area contributed by atoms with Gasteiger partial charge in [-0.3, -0.25) is 19.0 Å². The number of aliphatic carboxylic acids is 1. The van der Waals surface area contributed by atoms with E-state index < -0.39 is 11.9 Å². The monoisotopic (exact) mass is 343 g/mol. The lowest BCUT2D eigenvalue weighted by atomic mass is 10.2. The van der Waals surface area contributed by atoms with E-state index in [0.29, 0.717) is 11.4 Å². The first-order valence-electron chi connectivity index (χ1n) is 7.34. The Labute approximate surface area is 141 Å². The number of carbonyl (C=O) groups is 2. The van der Waals surface area contributed by atoms with E-state index in [0.717, 1.165) is 4.68 Å². The molecular weight excluding hydrogens is 329 g/mol. The molecule has 0 aliphatic carbocycles. The number of anilines is 1. The first kappa shape index (κ1) is 16.4. The van der Waals surface area contributed by atoms with Gasteiger partial charge in [0.1, 0.15) is 12.4 Å². The van der Waals surface area contributed by atoms with Crippen LogP contribution in [0.1, 0.15) is 15.9 Å². The van der Waals surface area contributed by atoms with Crippen molar-refractivity contribution in [2.45, 2.75) is 13.1 Å². The summed E-state index contributed by atoms with van der Waals surface area (Å²) in [4.78, 5) is 22.7. The van der Waals surface area contributed by atoms with Crippen LogP contribution in [0.2, 0.25) is 0 Å². The molecule has 25 heavy (non-hydrogen) atoms. The fourth-order valence-corrected chi connectivity index (χ4v) is 2.21. The molecule has 2 heterocycles. The van der Waals surface area contributed by atoms with Gasteiger partial charge in [0.25, 0.3) is 5.91 Å². The second kappa shape index (κ2) is 6.95. The van der Waals surface area contributed by atoms with E-state index in [2.05, 4.69) is 15.5 Å². The normalized spacial score (nSPS) is 10.6. The van der Waals surface area contributed by atoms with E-state index in [1.54, 1.807) is 30.5 Å². The van der Waals surface area contributed by atoms with Crippen LogP contribution >= 0.6 is 0 Å². The predicted octanol–water partition coefficient (Wildman–Crippen LogP) is 1.60. The van der Waals surface area contributed by atoms with Crippen LogP contribution in [-0.2, 0) is 17.9 Å². The maximum atomic E-state index is 13.6. The summed E-state index contributed by atoms with van der Waals surface area (Å²) in [5.41, 5.74) is 0.698. The Morgan fingerprint density at radius 3 is 2.76 bits per heavy atom.